The number of carbonyl (C=O) groups is 1. The number of hydrogen-bond acceptors (Lipinski definition) is 8. The molecule has 0 radical (unpaired) electrons. The van der Waals surface area contributed by atoms with Gasteiger partial charge >= 0.3 is 0 Å². The summed E-state index contributed by atoms with van der Waals surface area (Å²) in [5.41, 5.74) is 1.68. The van der Waals surface area contributed by atoms with Crippen LogP contribution in [-0.4, -0.2) is 41.2 Å². The van der Waals surface area contributed by atoms with Crippen molar-refractivity contribution in [3.05, 3.63) is 48.0 Å². The van der Waals surface area contributed by atoms with Crippen LogP contribution in [0.3, 0.4) is 0 Å². The summed E-state index contributed by atoms with van der Waals surface area (Å²) in [5, 5.41) is 11.1. The third kappa shape index (κ3) is 6.64. The van der Waals surface area contributed by atoms with Gasteiger partial charge in [0.2, 0.25) is 17.5 Å². The zero-order valence-electron chi connectivity index (χ0n) is 19.3. The Morgan fingerprint density at radius 1 is 1.00 bits per heavy atom. The number of rotatable bonds is 12. The van der Waals surface area contributed by atoms with Crippen LogP contribution >= 0.6 is 11.8 Å². The van der Waals surface area contributed by atoms with E-state index in [4.69, 9.17) is 18.6 Å². The summed E-state index contributed by atoms with van der Waals surface area (Å²) < 4.78 is 23.1. The molecule has 33 heavy (non-hydrogen) atoms. The lowest BCUT2D eigenvalue weighted by Gasteiger charge is -2.16. The quantitative estimate of drug-likeness (QED) is 0.379. The number of nitrogens with one attached hydrogen (secondary N) is 1. The Bertz CT molecular complexity index is 1010. The summed E-state index contributed by atoms with van der Waals surface area (Å²) >= 11 is 1.20. The molecule has 0 aliphatic rings. The number of benzene rings is 2. The molecule has 176 valence electrons. The first-order valence-electron chi connectivity index (χ1n) is 10.9. The van der Waals surface area contributed by atoms with E-state index in [1.165, 1.54) is 11.8 Å². The van der Waals surface area contributed by atoms with Gasteiger partial charge in [-0.3, -0.25) is 4.79 Å². The van der Waals surface area contributed by atoms with Gasteiger partial charge < -0.3 is 23.9 Å². The Labute approximate surface area is 198 Å². The summed E-state index contributed by atoms with van der Waals surface area (Å²) in [5.74, 6) is 1.83. The lowest BCUT2D eigenvalue weighted by molar-refractivity contribution is -0.120. The summed E-state index contributed by atoms with van der Waals surface area (Å²) in [7, 11) is 0. The molecule has 0 spiro atoms. The molecule has 1 aromatic heterocycles. The van der Waals surface area contributed by atoms with Crippen LogP contribution < -0.4 is 19.5 Å². The maximum absolute atomic E-state index is 12.5. The SMILES string of the molecule is CCOc1cc(-c2nnc(SC(C)C(=O)NCc3ccccc3)o2)cc(OCC)c1OCC. The van der Waals surface area contributed by atoms with Crippen LogP contribution in [0.4, 0.5) is 0 Å². The number of amides is 1. The number of carbonyl (C=O) groups excluding carboxylic acids is 1. The van der Waals surface area contributed by atoms with E-state index in [1.54, 1.807) is 19.1 Å². The molecule has 1 unspecified atom stereocenters. The average molecular weight is 472 g/mol. The van der Waals surface area contributed by atoms with Gasteiger partial charge in [-0.25, -0.2) is 0 Å². The molecule has 3 rings (SSSR count). The van der Waals surface area contributed by atoms with Crippen molar-refractivity contribution >= 4 is 17.7 Å². The van der Waals surface area contributed by atoms with Crippen LogP contribution in [0.15, 0.2) is 52.1 Å². The van der Waals surface area contributed by atoms with Crippen LogP contribution in [-0.2, 0) is 11.3 Å². The first kappa shape index (κ1) is 24.4. The van der Waals surface area contributed by atoms with Crippen molar-refractivity contribution in [2.24, 2.45) is 0 Å². The summed E-state index contributed by atoms with van der Waals surface area (Å²) in [6.45, 7) is 9.37. The second-order valence-electron chi connectivity index (χ2n) is 6.94. The largest absolute Gasteiger partial charge is 0.490 e. The van der Waals surface area contributed by atoms with E-state index >= 15 is 0 Å². The molecule has 1 atom stereocenters. The number of nitrogens with zero attached hydrogens (tertiary/aromatic N) is 2. The molecule has 0 bridgehead atoms. The van der Waals surface area contributed by atoms with Gasteiger partial charge in [0.1, 0.15) is 0 Å². The topological polar surface area (TPSA) is 95.7 Å². The van der Waals surface area contributed by atoms with E-state index in [9.17, 15) is 4.79 Å². The van der Waals surface area contributed by atoms with Gasteiger partial charge in [-0.1, -0.05) is 42.1 Å². The lowest BCUT2D eigenvalue weighted by atomic mass is 10.2. The highest BCUT2D eigenvalue weighted by atomic mass is 32.2. The van der Waals surface area contributed by atoms with Crippen LogP contribution in [0, 0.1) is 0 Å². The molecule has 0 aliphatic heterocycles. The van der Waals surface area contributed by atoms with Gasteiger partial charge in [-0.15, -0.1) is 10.2 Å². The molecule has 1 heterocycles. The molecule has 9 heteroatoms. The standard InChI is InChI=1S/C24H29N3O5S/c1-5-29-19-13-18(14-20(30-6-2)21(19)31-7-3)23-26-27-24(32-23)33-16(4)22(28)25-15-17-11-9-8-10-12-17/h8-14,16H,5-7,15H2,1-4H3,(H,25,28). The van der Waals surface area contributed by atoms with Crippen molar-refractivity contribution in [2.45, 2.75) is 44.7 Å². The Hall–Kier alpha value is -3.20. The Morgan fingerprint density at radius 3 is 2.24 bits per heavy atom. The zero-order valence-corrected chi connectivity index (χ0v) is 20.1. The Kier molecular flexibility index (Phi) is 9.00. The van der Waals surface area contributed by atoms with E-state index in [-0.39, 0.29) is 5.91 Å². The van der Waals surface area contributed by atoms with Crippen molar-refractivity contribution in [1.82, 2.24) is 15.5 Å². The van der Waals surface area contributed by atoms with Crippen LogP contribution in [0.1, 0.15) is 33.3 Å². The minimum absolute atomic E-state index is 0.109. The fourth-order valence-electron chi connectivity index (χ4n) is 3.02. The molecule has 0 aliphatic carbocycles. The molecule has 0 saturated heterocycles. The second kappa shape index (κ2) is 12.2. The molecule has 1 amide bonds. The van der Waals surface area contributed by atoms with Crippen LogP contribution in [0.5, 0.6) is 17.2 Å². The van der Waals surface area contributed by atoms with E-state index in [2.05, 4.69) is 15.5 Å². The fraction of sp³-hybridized carbons (Fsp3) is 0.375. The first-order valence-corrected chi connectivity index (χ1v) is 11.8. The molecular formula is C24H29N3O5S. The summed E-state index contributed by atoms with van der Waals surface area (Å²) in [4.78, 5) is 12.5. The Balaban J connectivity index is 1.72. The van der Waals surface area contributed by atoms with Crippen LogP contribution in [0.2, 0.25) is 0 Å². The smallest absolute Gasteiger partial charge is 0.277 e. The lowest BCUT2D eigenvalue weighted by Crippen LogP contribution is -2.30. The summed E-state index contributed by atoms with van der Waals surface area (Å²) in [6.07, 6.45) is 0. The number of aromatic nitrogens is 2. The van der Waals surface area contributed by atoms with Crippen LogP contribution in [0.25, 0.3) is 11.5 Å². The van der Waals surface area contributed by atoms with Gasteiger partial charge in [0.05, 0.1) is 25.1 Å². The van der Waals surface area contributed by atoms with Gasteiger partial charge in [0.25, 0.3) is 5.22 Å². The molecule has 0 fully saturated rings. The van der Waals surface area contributed by atoms with Gasteiger partial charge in [0, 0.05) is 12.1 Å². The Morgan fingerprint density at radius 2 is 1.64 bits per heavy atom. The second-order valence-corrected chi connectivity index (χ2v) is 8.23. The average Bonchev–Trinajstić information content (AvgIpc) is 3.29. The third-order valence-electron chi connectivity index (χ3n) is 4.52. The van der Waals surface area contributed by atoms with Crippen molar-refractivity contribution in [1.29, 1.82) is 0 Å². The van der Waals surface area contributed by atoms with E-state index in [1.807, 2.05) is 51.1 Å². The number of thioether (sulfide) groups is 1. The molecule has 3 aromatic rings. The van der Waals surface area contributed by atoms with Crippen molar-refractivity contribution < 1.29 is 23.4 Å². The van der Waals surface area contributed by atoms with Gasteiger partial charge in [-0.05, 0) is 45.4 Å². The molecular weight excluding hydrogens is 442 g/mol. The van der Waals surface area contributed by atoms with E-state index in [0.29, 0.717) is 60.3 Å². The minimum Gasteiger partial charge on any atom is -0.490 e. The molecule has 1 N–H and O–H groups in total. The monoisotopic (exact) mass is 471 g/mol. The number of ether oxygens (including phenoxy) is 3. The van der Waals surface area contributed by atoms with Crippen molar-refractivity contribution in [2.75, 3.05) is 19.8 Å². The normalized spacial score (nSPS) is 11.6. The first-order chi connectivity index (χ1) is 16.0. The third-order valence-corrected chi connectivity index (χ3v) is 5.45. The highest BCUT2D eigenvalue weighted by Gasteiger charge is 2.21. The van der Waals surface area contributed by atoms with Gasteiger partial charge in [-0.2, -0.15) is 0 Å². The predicted octanol–water partition coefficient (Wildman–Crippen LogP) is 4.73. The number of hydrogen-bond donors (Lipinski definition) is 1. The van der Waals surface area contributed by atoms with Crippen molar-refractivity contribution in [3.63, 3.8) is 0 Å². The summed E-state index contributed by atoms with van der Waals surface area (Å²) in [6, 6.07) is 13.3. The maximum Gasteiger partial charge on any atom is 0.277 e. The van der Waals surface area contributed by atoms with Crippen molar-refractivity contribution in [3.8, 4) is 28.7 Å². The van der Waals surface area contributed by atoms with Gasteiger partial charge in [0.15, 0.2) is 11.5 Å². The maximum atomic E-state index is 12.5. The molecule has 8 nitrogen and oxygen atoms in total. The predicted molar refractivity (Wildman–Crippen MR) is 127 cm³/mol. The molecule has 0 saturated carbocycles. The highest BCUT2D eigenvalue weighted by Crippen LogP contribution is 2.42. The minimum atomic E-state index is -0.402. The van der Waals surface area contributed by atoms with E-state index in [0.717, 1.165) is 5.56 Å². The zero-order chi connectivity index (χ0) is 23.6. The highest BCUT2D eigenvalue weighted by molar-refractivity contribution is 8.00. The van der Waals surface area contributed by atoms with E-state index < -0.39 is 5.25 Å². The fourth-order valence-corrected chi connectivity index (χ4v) is 3.73. The molecule has 2 aromatic carbocycles.